The highest BCUT2D eigenvalue weighted by Gasteiger charge is 2.50. The predicted molar refractivity (Wildman–Crippen MR) is 81.9 cm³/mol. The number of aliphatic hydroxyl groups is 1. The van der Waals surface area contributed by atoms with E-state index in [1.54, 1.807) is 6.20 Å². The number of hydrogen-bond donors (Lipinski definition) is 2. The molecule has 0 radical (unpaired) electrons. The number of hydrogen-bond acceptors (Lipinski definition) is 5. The molecule has 2 aliphatic heterocycles. The van der Waals surface area contributed by atoms with Gasteiger partial charge in [-0.15, -0.1) is 0 Å². The topological polar surface area (TPSA) is 70.4 Å². The monoisotopic (exact) mass is 312 g/mol. The molecule has 2 fully saturated rings. The van der Waals surface area contributed by atoms with E-state index in [1.807, 2.05) is 0 Å². The molecule has 0 amide bonds. The van der Waals surface area contributed by atoms with Crippen molar-refractivity contribution >= 4 is 17.3 Å². The van der Waals surface area contributed by atoms with E-state index in [9.17, 15) is 4.79 Å². The van der Waals surface area contributed by atoms with Crippen molar-refractivity contribution in [3.63, 3.8) is 0 Å². The van der Waals surface area contributed by atoms with Gasteiger partial charge in [-0.05, 0) is 25.7 Å². The van der Waals surface area contributed by atoms with Crippen LogP contribution < -0.4 is 15.8 Å². The van der Waals surface area contributed by atoms with Gasteiger partial charge >= 0.3 is 0 Å². The van der Waals surface area contributed by atoms with Crippen LogP contribution in [-0.4, -0.2) is 46.7 Å². The number of nitrogens with one attached hydrogen (secondary N) is 1. The van der Waals surface area contributed by atoms with E-state index in [2.05, 4.69) is 29.2 Å². The van der Waals surface area contributed by atoms with Gasteiger partial charge in [0.15, 0.2) is 0 Å². The Kier molecular flexibility index (Phi) is 3.71. The minimum atomic E-state index is -0.339. The fourth-order valence-electron chi connectivity index (χ4n) is 3.73. The Bertz CT molecular complexity index is 601. The SMILES string of the molecule is CC1(C)C2CNCC2CN1c1cnn(CCO)c(=O)c1Cl. The summed E-state index contributed by atoms with van der Waals surface area (Å²) < 4.78 is 1.21. The highest BCUT2D eigenvalue weighted by molar-refractivity contribution is 6.33. The van der Waals surface area contributed by atoms with Gasteiger partial charge in [-0.1, -0.05) is 11.6 Å². The van der Waals surface area contributed by atoms with Crippen LogP contribution in [0.2, 0.25) is 5.02 Å². The molecular formula is C14H21ClN4O2. The Morgan fingerprint density at radius 2 is 2.29 bits per heavy atom. The van der Waals surface area contributed by atoms with Crippen molar-refractivity contribution in [1.29, 1.82) is 0 Å². The highest BCUT2D eigenvalue weighted by Crippen LogP contribution is 2.44. The van der Waals surface area contributed by atoms with Crippen LogP contribution in [0.15, 0.2) is 11.0 Å². The maximum atomic E-state index is 12.2. The summed E-state index contributed by atoms with van der Waals surface area (Å²) in [4.78, 5) is 14.4. The summed E-state index contributed by atoms with van der Waals surface area (Å²) in [5.74, 6) is 1.13. The molecule has 0 spiro atoms. The second-order valence-corrected chi connectivity index (χ2v) is 6.76. The largest absolute Gasteiger partial charge is 0.394 e. The number of aliphatic hydroxyl groups excluding tert-OH is 1. The van der Waals surface area contributed by atoms with Crippen LogP contribution in [0.5, 0.6) is 0 Å². The summed E-state index contributed by atoms with van der Waals surface area (Å²) in [6, 6.07) is 0. The molecule has 3 heterocycles. The number of anilines is 1. The third-order valence-corrected chi connectivity index (χ3v) is 5.28. The molecule has 116 valence electrons. The van der Waals surface area contributed by atoms with Crippen LogP contribution in [0.4, 0.5) is 5.69 Å². The zero-order chi connectivity index (χ0) is 15.2. The van der Waals surface area contributed by atoms with E-state index < -0.39 is 0 Å². The smallest absolute Gasteiger partial charge is 0.287 e. The first-order valence-corrected chi connectivity index (χ1v) is 7.69. The van der Waals surface area contributed by atoms with Gasteiger partial charge in [0.2, 0.25) is 0 Å². The third kappa shape index (κ3) is 2.25. The normalized spacial score (nSPS) is 27.1. The maximum Gasteiger partial charge on any atom is 0.287 e. The first-order chi connectivity index (χ1) is 9.96. The Morgan fingerprint density at radius 3 is 2.95 bits per heavy atom. The van der Waals surface area contributed by atoms with Gasteiger partial charge in [0.05, 0.1) is 25.0 Å². The van der Waals surface area contributed by atoms with E-state index >= 15 is 0 Å². The summed E-state index contributed by atoms with van der Waals surface area (Å²) in [6.45, 7) is 7.32. The molecule has 1 aromatic rings. The summed E-state index contributed by atoms with van der Waals surface area (Å²) in [7, 11) is 0. The lowest BCUT2D eigenvalue weighted by molar-refractivity contribution is 0.266. The minimum absolute atomic E-state index is 0.0604. The van der Waals surface area contributed by atoms with Crippen LogP contribution in [-0.2, 0) is 6.54 Å². The Labute approximate surface area is 128 Å². The summed E-state index contributed by atoms with van der Waals surface area (Å²) in [5.41, 5.74) is 0.305. The van der Waals surface area contributed by atoms with E-state index in [-0.39, 0.29) is 29.3 Å². The molecule has 2 aliphatic rings. The van der Waals surface area contributed by atoms with Crippen molar-refractivity contribution in [2.75, 3.05) is 31.1 Å². The van der Waals surface area contributed by atoms with Crippen LogP contribution in [0.25, 0.3) is 0 Å². The van der Waals surface area contributed by atoms with Crippen molar-refractivity contribution < 1.29 is 5.11 Å². The van der Waals surface area contributed by atoms with E-state index in [1.165, 1.54) is 4.68 Å². The van der Waals surface area contributed by atoms with Gasteiger partial charge < -0.3 is 15.3 Å². The first-order valence-electron chi connectivity index (χ1n) is 7.31. The average Bonchev–Trinajstić information content (AvgIpc) is 2.99. The maximum absolute atomic E-state index is 12.2. The summed E-state index contributed by atoms with van der Waals surface area (Å²) >= 11 is 6.29. The molecule has 6 nitrogen and oxygen atoms in total. The van der Waals surface area contributed by atoms with Crippen molar-refractivity contribution in [3.8, 4) is 0 Å². The Morgan fingerprint density at radius 1 is 1.52 bits per heavy atom. The van der Waals surface area contributed by atoms with Crippen LogP contribution >= 0.6 is 11.6 Å². The molecule has 2 atom stereocenters. The van der Waals surface area contributed by atoms with E-state index in [4.69, 9.17) is 16.7 Å². The Balaban J connectivity index is 1.98. The third-order valence-electron chi connectivity index (χ3n) is 4.93. The fourth-order valence-corrected chi connectivity index (χ4v) is 3.98. The lowest BCUT2D eigenvalue weighted by Crippen LogP contribution is -2.45. The van der Waals surface area contributed by atoms with Crippen molar-refractivity contribution in [3.05, 3.63) is 21.6 Å². The molecule has 2 unspecified atom stereocenters. The van der Waals surface area contributed by atoms with Crippen molar-refractivity contribution in [2.45, 2.75) is 25.9 Å². The second-order valence-electron chi connectivity index (χ2n) is 6.38. The second kappa shape index (κ2) is 5.26. The predicted octanol–water partition coefficient (Wildman–Crippen LogP) is 0.323. The van der Waals surface area contributed by atoms with E-state index in [0.717, 1.165) is 19.6 Å². The molecule has 1 aromatic heterocycles. The molecule has 0 saturated carbocycles. The molecular weight excluding hydrogens is 292 g/mol. The van der Waals surface area contributed by atoms with Crippen molar-refractivity contribution in [2.24, 2.45) is 11.8 Å². The number of fused-ring (bicyclic) bond motifs is 1. The molecule has 2 saturated heterocycles. The van der Waals surface area contributed by atoms with Crippen LogP contribution in [0, 0.1) is 11.8 Å². The van der Waals surface area contributed by atoms with Gasteiger partial charge in [-0.25, -0.2) is 4.68 Å². The van der Waals surface area contributed by atoms with Crippen LogP contribution in [0.1, 0.15) is 13.8 Å². The van der Waals surface area contributed by atoms with Gasteiger partial charge in [0.25, 0.3) is 5.56 Å². The number of nitrogens with zero attached hydrogens (tertiary/aromatic N) is 3. The average molecular weight is 313 g/mol. The molecule has 0 bridgehead atoms. The minimum Gasteiger partial charge on any atom is -0.394 e. The quantitative estimate of drug-likeness (QED) is 0.841. The molecule has 7 heteroatoms. The van der Waals surface area contributed by atoms with Crippen molar-refractivity contribution in [1.82, 2.24) is 15.1 Å². The number of rotatable bonds is 3. The summed E-state index contributed by atoms with van der Waals surface area (Å²) in [6.07, 6.45) is 1.65. The van der Waals surface area contributed by atoms with Gasteiger partial charge in [-0.2, -0.15) is 5.10 Å². The zero-order valence-electron chi connectivity index (χ0n) is 12.3. The molecule has 3 rings (SSSR count). The van der Waals surface area contributed by atoms with Gasteiger partial charge in [-0.3, -0.25) is 4.79 Å². The standard InChI is InChI=1S/C14H21ClN4O2/c1-14(2)10-6-16-5-9(10)8-18(14)11-7-17-19(3-4-20)13(21)12(11)15/h7,9-10,16,20H,3-6,8H2,1-2H3. The fraction of sp³-hybridized carbons (Fsp3) is 0.714. The first kappa shape index (κ1) is 14.8. The number of aromatic nitrogens is 2. The molecule has 0 aliphatic carbocycles. The lowest BCUT2D eigenvalue weighted by atomic mass is 9.85. The molecule has 0 aromatic carbocycles. The zero-order valence-corrected chi connectivity index (χ0v) is 13.1. The molecule has 2 N–H and O–H groups in total. The highest BCUT2D eigenvalue weighted by atomic mass is 35.5. The van der Waals surface area contributed by atoms with E-state index in [0.29, 0.717) is 17.5 Å². The van der Waals surface area contributed by atoms with Gasteiger partial charge in [0.1, 0.15) is 5.02 Å². The molecule has 21 heavy (non-hydrogen) atoms. The summed E-state index contributed by atoms with van der Waals surface area (Å²) in [5, 5.41) is 16.7. The Hall–Kier alpha value is -1.11. The van der Waals surface area contributed by atoms with Gasteiger partial charge in [0, 0.05) is 25.2 Å². The number of halogens is 1. The lowest BCUT2D eigenvalue weighted by Gasteiger charge is -2.37. The van der Waals surface area contributed by atoms with Crippen LogP contribution in [0.3, 0.4) is 0 Å².